The van der Waals surface area contributed by atoms with Crippen LogP contribution in [-0.2, 0) is 11.2 Å². The summed E-state index contributed by atoms with van der Waals surface area (Å²) in [6.07, 6.45) is -0.980. The molecule has 0 aliphatic heterocycles. The number of para-hydroxylation sites is 1. The lowest BCUT2D eigenvalue weighted by molar-refractivity contribution is -0.136. The number of aromatic hydroxyl groups is 1. The van der Waals surface area contributed by atoms with Crippen molar-refractivity contribution in [2.45, 2.75) is 6.42 Å². The van der Waals surface area contributed by atoms with E-state index < -0.39 is 12.1 Å². The lowest BCUT2D eigenvalue weighted by atomic mass is 10.1. The molecule has 2 rings (SSSR count). The van der Waals surface area contributed by atoms with Crippen LogP contribution in [0.5, 0.6) is 11.5 Å². The normalized spacial score (nSPS) is 9.90. The van der Waals surface area contributed by atoms with E-state index >= 15 is 0 Å². The number of phenols is 1. The number of carbonyl (C=O) groups excluding carboxylic acids is 1. The minimum atomic E-state index is -1.00. The Balaban J connectivity index is 2.07. The molecule has 6 heteroatoms. The third kappa shape index (κ3) is 4.24. The molecule has 108 valence electrons. The maximum atomic E-state index is 11.7. The van der Waals surface area contributed by atoms with Crippen molar-refractivity contribution in [3.63, 3.8) is 0 Å². The molecule has 0 heterocycles. The van der Waals surface area contributed by atoms with E-state index in [1.165, 1.54) is 18.2 Å². The van der Waals surface area contributed by atoms with Gasteiger partial charge in [0.25, 0.3) is 0 Å². The number of aliphatic carboxylic acids is 1. The Kier molecular flexibility index (Phi) is 4.40. The molecule has 3 N–H and O–H groups in total. The fourth-order valence-corrected chi connectivity index (χ4v) is 1.70. The van der Waals surface area contributed by atoms with Crippen molar-refractivity contribution in [2.24, 2.45) is 0 Å². The SMILES string of the molecule is O=C(O)Cc1ccc(O)c(NC(=O)Oc2ccccc2)c1. The molecule has 0 saturated heterocycles. The first-order valence-electron chi connectivity index (χ1n) is 6.12. The monoisotopic (exact) mass is 287 g/mol. The molecule has 0 fully saturated rings. The van der Waals surface area contributed by atoms with Crippen molar-refractivity contribution in [3.05, 3.63) is 54.1 Å². The van der Waals surface area contributed by atoms with E-state index in [0.29, 0.717) is 11.3 Å². The molecule has 0 spiro atoms. The largest absolute Gasteiger partial charge is 0.506 e. The van der Waals surface area contributed by atoms with Crippen LogP contribution in [-0.4, -0.2) is 22.3 Å². The average Bonchev–Trinajstić information content (AvgIpc) is 2.43. The lowest BCUT2D eigenvalue weighted by Gasteiger charge is -2.09. The van der Waals surface area contributed by atoms with E-state index in [-0.39, 0.29) is 17.9 Å². The average molecular weight is 287 g/mol. The van der Waals surface area contributed by atoms with Crippen LogP contribution >= 0.6 is 0 Å². The topological polar surface area (TPSA) is 95.9 Å². The summed E-state index contributed by atoms with van der Waals surface area (Å²) in [4.78, 5) is 22.4. The number of benzene rings is 2. The molecule has 0 bridgehead atoms. The predicted molar refractivity (Wildman–Crippen MR) is 75.5 cm³/mol. The number of anilines is 1. The van der Waals surface area contributed by atoms with Gasteiger partial charge in [0.05, 0.1) is 12.1 Å². The van der Waals surface area contributed by atoms with Crippen molar-refractivity contribution < 1.29 is 24.5 Å². The Bertz CT molecular complexity index is 654. The van der Waals surface area contributed by atoms with Gasteiger partial charge in [-0.1, -0.05) is 24.3 Å². The summed E-state index contributed by atoms with van der Waals surface area (Å²) in [6, 6.07) is 12.6. The van der Waals surface area contributed by atoms with Gasteiger partial charge in [-0.05, 0) is 29.8 Å². The fraction of sp³-hybridized carbons (Fsp3) is 0.0667. The first-order valence-corrected chi connectivity index (χ1v) is 6.12. The van der Waals surface area contributed by atoms with Crippen LogP contribution in [0.4, 0.5) is 10.5 Å². The third-order valence-corrected chi connectivity index (χ3v) is 2.61. The van der Waals surface area contributed by atoms with E-state index in [2.05, 4.69) is 5.32 Å². The van der Waals surface area contributed by atoms with Gasteiger partial charge >= 0.3 is 12.1 Å². The van der Waals surface area contributed by atoms with Crippen LogP contribution in [0.1, 0.15) is 5.56 Å². The highest BCUT2D eigenvalue weighted by Gasteiger charge is 2.10. The summed E-state index contributed by atoms with van der Waals surface area (Å²) in [5.74, 6) is -0.816. The molecule has 0 aliphatic carbocycles. The van der Waals surface area contributed by atoms with E-state index in [1.54, 1.807) is 30.3 Å². The van der Waals surface area contributed by atoms with Gasteiger partial charge in [0, 0.05) is 0 Å². The Morgan fingerprint density at radius 2 is 1.81 bits per heavy atom. The standard InChI is InChI=1S/C15H13NO5/c17-13-7-6-10(9-14(18)19)8-12(13)16-15(20)21-11-4-2-1-3-5-11/h1-8,17H,9H2,(H,16,20)(H,18,19). The molecule has 0 radical (unpaired) electrons. The van der Waals surface area contributed by atoms with Gasteiger partial charge < -0.3 is 14.9 Å². The Morgan fingerprint density at radius 3 is 2.48 bits per heavy atom. The highest BCUT2D eigenvalue weighted by atomic mass is 16.6. The zero-order valence-corrected chi connectivity index (χ0v) is 10.9. The lowest BCUT2D eigenvalue weighted by Crippen LogP contribution is -2.17. The van der Waals surface area contributed by atoms with Crippen LogP contribution in [0, 0.1) is 0 Å². The molecule has 0 saturated carbocycles. The second kappa shape index (κ2) is 6.42. The molecule has 2 aromatic rings. The molecule has 0 unspecified atom stereocenters. The predicted octanol–water partition coefficient (Wildman–Crippen LogP) is 2.63. The highest BCUT2D eigenvalue weighted by molar-refractivity contribution is 5.88. The van der Waals surface area contributed by atoms with Crippen LogP contribution in [0.2, 0.25) is 0 Å². The van der Waals surface area contributed by atoms with Crippen LogP contribution in [0.3, 0.4) is 0 Å². The number of rotatable bonds is 4. The second-order valence-electron chi connectivity index (χ2n) is 4.25. The van der Waals surface area contributed by atoms with E-state index in [9.17, 15) is 14.7 Å². The summed E-state index contributed by atoms with van der Waals surface area (Å²) in [7, 11) is 0. The Hall–Kier alpha value is -3.02. The quantitative estimate of drug-likeness (QED) is 0.751. The second-order valence-corrected chi connectivity index (χ2v) is 4.25. The Morgan fingerprint density at radius 1 is 1.10 bits per heavy atom. The summed E-state index contributed by atoms with van der Waals surface area (Å²) >= 11 is 0. The number of hydrogen-bond donors (Lipinski definition) is 3. The van der Waals surface area contributed by atoms with Crippen LogP contribution < -0.4 is 10.1 Å². The van der Waals surface area contributed by atoms with Crippen LogP contribution in [0.25, 0.3) is 0 Å². The third-order valence-electron chi connectivity index (χ3n) is 2.61. The van der Waals surface area contributed by atoms with Crippen molar-refractivity contribution >= 4 is 17.7 Å². The minimum absolute atomic E-state index is 0.0923. The number of carbonyl (C=O) groups is 2. The molecule has 6 nitrogen and oxygen atoms in total. The smallest absolute Gasteiger partial charge is 0.417 e. The first-order chi connectivity index (χ1) is 10.0. The number of carboxylic acid groups (broad SMARTS) is 1. The van der Waals surface area contributed by atoms with Gasteiger partial charge in [0.1, 0.15) is 11.5 Å². The zero-order valence-electron chi connectivity index (χ0n) is 10.9. The van der Waals surface area contributed by atoms with Crippen molar-refractivity contribution in [1.82, 2.24) is 0 Å². The van der Waals surface area contributed by atoms with Crippen molar-refractivity contribution in [1.29, 1.82) is 0 Å². The number of carboxylic acids is 1. The van der Waals surface area contributed by atoms with E-state index in [0.717, 1.165) is 0 Å². The number of hydrogen-bond acceptors (Lipinski definition) is 4. The number of phenolic OH excluding ortho intramolecular Hbond substituents is 1. The number of ether oxygens (including phenoxy) is 1. The highest BCUT2D eigenvalue weighted by Crippen LogP contribution is 2.25. The molecule has 2 aromatic carbocycles. The molecule has 0 aromatic heterocycles. The molecule has 0 atom stereocenters. The van der Waals surface area contributed by atoms with Gasteiger partial charge in [0.15, 0.2) is 0 Å². The van der Waals surface area contributed by atoms with Gasteiger partial charge in [-0.25, -0.2) is 4.79 Å². The fourth-order valence-electron chi connectivity index (χ4n) is 1.70. The zero-order chi connectivity index (χ0) is 15.2. The summed E-state index contributed by atoms with van der Waals surface area (Å²) in [6.45, 7) is 0. The molecule has 21 heavy (non-hydrogen) atoms. The maximum absolute atomic E-state index is 11.7. The van der Waals surface area contributed by atoms with Crippen molar-refractivity contribution in [3.8, 4) is 11.5 Å². The maximum Gasteiger partial charge on any atom is 0.417 e. The van der Waals surface area contributed by atoms with E-state index in [4.69, 9.17) is 9.84 Å². The summed E-state index contributed by atoms with van der Waals surface area (Å²) in [5.41, 5.74) is 0.546. The van der Waals surface area contributed by atoms with Gasteiger partial charge in [-0.2, -0.15) is 0 Å². The minimum Gasteiger partial charge on any atom is -0.506 e. The Labute approximate surface area is 120 Å². The molecule has 1 amide bonds. The first kappa shape index (κ1) is 14.4. The van der Waals surface area contributed by atoms with Crippen LogP contribution in [0.15, 0.2) is 48.5 Å². The van der Waals surface area contributed by atoms with Gasteiger partial charge in [0.2, 0.25) is 0 Å². The number of nitrogens with one attached hydrogen (secondary N) is 1. The van der Waals surface area contributed by atoms with Gasteiger partial charge in [-0.3, -0.25) is 10.1 Å². The molecular formula is C15H13NO5. The molecular weight excluding hydrogens is 274 g/mol. The van der Waals surface area contributed by atoms with Gasteiger partial charge in [-0.15, -0.1) is 0 Å². The van der Waals surface area contributed by atoms with Crippen molar-refractivity contribution in [2.75, 3.05) is 5.32 Å². The number of amides is 1. The summed E-state index contributed by atoms with van der Waals surface area (Å²) in [5, 5.41) is 20.8. The van der Waals surface area contributed by atoms with E-state index in [1.807, 2.05) is 0 Å². The molecule has 0 aliphatic rings. The summed E-state index contributed by atoms with van der Waals surface area (Å²) < 4.78 is 5.02.